The molecule has 0 aliphatic heterocycles. The summed E-state index contributed by atoms with van der Waals surface area (Å²) in [5.41, 5.74) is 0.267. The molecular formula is C18H20Cl2N2O3S. The Hall–Kier alpha value is -1.76. The number of carbonyl (C=O) groups excluding carboxylic acids is 1. The predicted molar refractivity (Wildman–Crippen MR) is 105 cm³/mol. The van der Waals surface area contributed by atoms with E-state index in [2.05, 4.69) is 5.32 Å². The Balaban J connectivity index is 2.41. The zero-order valence-electron chi connectivity index (χ0n) is 14.4. The Morgan fingerprint density at radius 1 is 1.08 bits per heavy atom. The van der Waals surface area contributed by atoms with Crippen molar-refractivity contribution < 1.29 is 13.2 Å². The Labute approximate surface area is 164 Å². The third-order valence-electron chi connectivity index (χ3n) is 3.52. The van der Waals surface area contributed by atoms with Crippen molar-refractivity contribution in [1.29, 1.82) is 0 Å². The first kappa shape index (κ1) is 20.6. The summed E-state index contributed by atoms with van der Waals surface area (Å²) in [5, 5.41) is 3.24. The van der Waals surface area contributed by atoms with Crippen LogP contribution >= 0.6 is 23.2 Å². The molecule has 0 heterocycles. The van der Waals surface area contributed by atoms with E-state index in [0.717, 1.165) is 4.31 Å². The van der Waals surface area contributed by atoms with Crippen molar-refractivity contribution in [2.45, 2.75) is 18.7 Å². The molecule has 0 saturated carbocycles. The molecule has 0 spiro atoms. The Bertz CT molecular complexity index is 871. The van der Waals surface area contributed by atoms with Gasteiger partial charge in [-0.05, 0) is 36.2 Å². The van der Waals surface area contributed by atoms with Gasteiger partial charge in [0.25, 0.3) is 10.0 Å². The van der Waals surface area contributed by atoms with Crippen molar-refractivity contribution in [2.75, 3.05) is 17.4 Å². The Morgan fingerprint density at radius 2 is 1.73 bits per heavy atom. The molecular weight excluding hydrogens is 395 g/mol. The molecule has 0 saturated heterocycles. The van der Waals surface area contributed by atoms with Crippen LogP contribution in [0, 0.1) is 5.92 Å². The van der Waals surface area contributed by atoms with Gasteiger partial charge < -0.3 is 5.32 Å². The van der Waals surface area contributed by atoms with Gasteiger partial charge in [-0.1, -0.05) is 55.2 Å². The first-order valence-corrected chi connectivity index (χ1v) is 10.2. The van der Waals surface area contributed by atoms with Crippen molar-refractivity contribution >= 4 is 44.8 Å². The van der Waals surface area contributed by atoms with Crippen molar-refractivity contribution in [3.05, 3.63) is 58.6 Å². The first-order valence-electron chi connectivity index (χ1n) is 8.01. The van der Waals surface area contributed by atoms with E-state index in [4.69, 9.17) is 23.2 Å². The lowest BCUT2D eigenvalue weighted by Gasteiger charge is -2.24. The second-order valence-corrected chi connectivity index (χ2v) is 8.80. The first-order chi connectivity index (χ1) is 12.2. The Morgan fingerprint density at radius 3 is 2.31 bits per heavy atom. The van der Waals surface area contributed by atoms with Gasteiger partial charge in [-0.2, -0.15) is 0 Å². The molecule has 2 aromatic rings. The SMILES string of the molecule is CC(C)CNC(=O)CN(c1ccc(Cl)c(Cl)c1)S(=O)(=O)c1ccccc1. The lowest BCUT2D eigenvalue weighted by molar-refractivity contribution is -0.119. The molecule has 0 aliphatic carbocycles. The summed E-state index contributed by atoms with van der Waals surface area (Å²) >= 11 is 12.0. The minimum Gasteiger partial charge on any atom is -0.354 e. The highest BCUT2D eigenvalue weighted by atomic mass is 35.5. The molecule has 0 bridgehead atoms. The van der Waals surface area contributed by atoms with E-state index >= 15 is 0 Å². The van der Waals surface area contributed by atoms with Gasteiger partial charge >= 0.3 is 0 Å². The molecule has 0 aromatic heterocycles. The molecule has 1 amide bonds. The number of hydrogen-bond donors (Lipinski definition) is 1. The third kappa shape index (κ3) is 5.13. The van der Waals surface area contributed by atoms with Crippen LogP contribution in [-0.2, 0) is 14.8 Å². The standard InChI is InChI=1S/C18H20Cl2N2O3S/c1-13(2)11-21-18(23)12-22(14-8-9-16(19)17(20)10-14)26(24,25)15-6-4-3-5-7-15/h3-10,13H,11-12H2,1-2H3,(H,21,23). The number of halogens is 2. The largest absolute Gasteiger partial charge is 0.354 e. The Kier molecular flexibility index (Phi) is 6.92. The maximum atomic E-state index is 13.1. The molecule has 140 valence electrons. The smallest absolute Gasteiger partial charge is 0.264 e. The normalized spacial score (nSPS) is 11.4. The average Bonchev–Trinajstić information content (AvgIpc) is 2.61. The van der Waals surface area contributed by atoms with E-state index in [9.17, 15) is 13.2 Å². The number of anilines is 1. The minimum atomic E-state index is -3.95. The quantitative estimate of drug-likeness (QED) is 0.745. The van der Waals surface area contributed by atoms with Crippen LogP contribution in [0.25, 0.3) is 0 Å². The highest BCUT2D eigenvalue weighted by Gasteiger charge is 2.27. The fourth-order valence-electron chi connectivity index (χ4n) is 2.18. The van der Waals surface area contributed by atoms with Crippen LogP contribution in [-0.4, -0.2) is 27.4 Å². The third-order valence-corrected chi connectivity index (χ3v) is 6.04. The topological polar surface area (TPSA) is 66.5 Å². The maximum absolute atomic E-state index is 13.1. The molecule has 26 heavy (non-hydrogen) atoms. The summed E-state index contributed by atoms with van der Waals surface area (Å²) in [6, 6.07) is 12.4. The maximum Gasteiger partial charge on any atom is 0.264 e. The average molecular weight is 415 g/mol. The van der Waals surface area contributed by atoms with E-state index < -0.39 is 15.9 Å². The second kappa shape index (κ2) is 8.75. The molecule has 8 heteroatoms. The highest BCUT2D eigenvalue weighted by molar-refractivity contribution is 7.92. The molecule has 1 N–H and O–H groups in total. The van der Waals surface area contributed by atoms with Crippen LogP contribution in [0.15, 0.2) is 53.4 Å². The summed E-state index contributed by atoms with van der Waals surface area (Å²) in [4.78, 5) is 12.4. The van der Waals surface area contributed by atoms with E-state index in [0.29, 0.717) is 11.6 Å². The fourth-order valence-corrected chi connectivity index (χ4v) is 3.91. The van der Waals surface area contributed by atoms with Crippen LogP contribution in [0.2, 0.25) is 10.0 Å². The molecule has 0 atom stereocenters. The van der Waals surface area contributed by atoms with E-state index in [1.54, 1.807) is 18.2 Å². The lowest BCUT2D eigenvalue weighted by atomic mass is 10.2. The number of nitrogens with zero attached hydrogens (tertiary/aromatic N) is 1. The van der Waals surface area contributed by atoms with E-state index in [1.165, 1.54) is 30.3 Å². The lowest BCUT2D eigenvalue weighted by Crippen LogP contribution is -2.41. The number of hydrogen-bond acceptors (Lipinski definition) is 3. The summed E-state index contributed by atoms with van der Waals surface area (Å²) in [6.07, 6.45) is 0. The van der Waals surface area contributed by atoms with Gasteiger partial charge in [-0.15, -0.1) is 0 Å². The number of sulfonamides is 1. The van der Waals surface area contributed by atoms with Crippen LogP contribution in [0.5, 0.6) is 0 Å². The number of benzene rings is 2. The molecule has 0 fully saturated rings. The van der Waals surface area contributed by atoms with Gasteiger partial charge in [-0.25, -0.2) is 8.42 Å². The number of nitrogens with one attached hydrogen (secondary N) is 1. The zero-order valence-corrected chi connectivity index (χ0v) is 16.8. The van der Waals surface area contributed by atoms with Gasteiger partial charge in [0.15, 0.2) is 0 Å². The number of carbonyl (C=O) groups is 1. The van der Waals surface area contributed by atoms with E-state index in [-0.39, 0.29) is 28.1 Å². The van der Waals surface area contributed by atoms with Gasteiger partial charge in [0, 0.05) is 6.54 Å². The summed E-state index contributed by atoms with van der Waals surface area (Å²) in [7, 11) is -3.95. The summed E-state index contributed by atoms with van der Waals surface area (Å²) in [6.45, 7) is 4.01. The number of rotatable bonds is 7. The fraction of sp³-hybridized carbons (Fsp3) is 0.278. The second-order valence-electron chi connectivity index (χ2n) is 6.12. The minimum absolute atomic E-state index is 0.0859. The molecule has 5 nitrogen and oxygen atoms in total. The molecule has 0 aliphatic rings. The monoisotopic (exact) mass is 414 g/mol. The molecule has 0 radical (unpaired) electrons. The van der Waals surface area contributed by atoms with Crippen LogP contribution in [0.3, 0.4) is 0 Å². The van der Waals surface area contributed by atoms with Gasteiger partial charge in [0.2, 0.25) is 5.91 Å². The van der Waals surface area contributed by atoms with Crippen molar-refractivity contribution in [1.82, 2.24) is 5.32 Å². The van der Waals surface area contributed by atoms with Crippen molar-refractivity contribution in [3.63, 3.8) is 0 Å². The highest BCUT2D eigenvalue weighted by Crippen LogP contribution is 2.30. The van der Waals surface area contributed by atoms with Crippen molar-refractivity contribution in [3.8, 4) is 0 Å². The molecule has 2 aromatic carbocycles. The summed E-state index contributed by atoms with van der Waals surface area (Å²) in [5.74, 6) is -0.146. The van der Waals surface area contributed by atoms with Crippen LogP contribution in [0.4, 0.5) is 5.69 Å². The molecule has 0 unspecified atom stereocenters. The van der Waals surface area contributed by atoms with Crippen LogP contribution in [0.1, 0.15) is 13.8 Å². The van der Waals surface area contributed by atoms with Gasteiger partial charge in [0.1, 0.15) is 6.54 Å². The van der Waals surface area contributed by atoms with Gasteiger partial charge in [0.05, 0.1) is 20.6 Å². The summed E-state index contributed by atoms with van der Waals surface area (Å²) < 4.78 is 27.2. The van der Waals surface area contributed by atoms with Crippen molar-refractivity contribution in [2.24, 2.45) is 5.92 Å². The predicted octanol–water partition coefficient (Wildman–Crippen LogP) is 3.96. The van der Waals surface area contributed by atoms with Gasteiger partial charge in [-0.3, -0.25) is 9.10 Å². The number of amides is 1. The zero-order chi connectivity index (χ0) is 19.3. The van der Waals surface area contributed by atoms with E-state index in [1.807, 2.05) is 13.8 Å². The van der Waals surface area contributed by atoms with Crippen LogP contribution < -0.4 is 9.62 Å². The molecule has 2 rings (SSSR count).